The van der Waals surface area contributed by atoms with Gasteiger partial charge in [-0.2, -0.15) is 0 Å². The monoisotopic (exact) mass is 327 g/mol. The SMILES string of the molecule is C=CCN(c1c(C)cccc1C=C)S(=O)(=O)c1ccc(C)cc1. The molecule has 0 aromatic heterocycles. The van der Waals surface area contributed by atoms with Gasteiger partial charge in [-0.25, -0.2) is 8.42 Å². The maximum atomic E-state index is 13.1. The van der Waals surface area contributed by atoms with Crippen molar-refractivity contribution in [2.75, 3.05) is 10.8 Å². The van der Waals surface area contributed by atoms with Crippen molar-refractivity contribution in [2.45, 2.75) is 18.7 Å². The van der Waals surface area contributed by atoms with Crippen molar-refractivity contribution >= 4 is 21.8 Å². The first-order valence-electron chi connectivity index (χ1n) is 7.34. The lowest BCUT2D eigenvalue weighted by Crippen LogP contribution is -2.32. The van der Waals surface area contributed by atoms with Gasteiger partial charge in [0.1, 0.15) is 0 Å². The first kappa shape index (κ1) is 17.0. The van der Waals surface area contributed by atoms with Crippen LogP contribution in [0.5, 0.6) is 0 Å². The third-order valence-corrected chi connectivity index (χ3v) is 5.42. The van der Waals surface area contributed by atoms with E-state index in [0.29, 0.717) is 5.69 Å². The van der Waals surface area contributed by atoms with Crippen LogP contribution >= 0.6 is 0 Å². The molecule has 3 nitrogen and oxygen atoms in total. The predicted molar refractivity (Wildman–Crippen MR) is 97.2 cm³/mol. The molecule has 0 unspecified atom stereocenters. The van der Waals surface area contributed by atoms with Crippen molar-refractivity contribution in [1.29, 1.82) is 0 Å². The summed E-state index contributed by atoms with van der Waals surface area (Å²) < 4.78 is 27.6. The summed E-state index contributed by atoms with van der Waals surface area (Å²) in [5.41, 5.74) is 3.31. The van der Waals surface area contributed by atoms with Crippen LogP contribution in [-0.2, 0) is 10.0 Å². The smallest absolute Gasteiger partial charge is 0.262 e. The Balaban J connectivity index is 2.65. The third-order valence-electron chi connectivity index (χ3n) is 3.64. The highest BCUT2D eigenvalue weighted by Gasteiger charge is 2.26. The molecule has 0 aliphatic carbocycles. The van der Waals surface area contributed by atoms with Crippen molar-refractivity contribution in [3.8, 4) is 0 Å². The maximum absolute atomic E-state index is 13.1. The summed E-state index contributed by atoms with van der Waals surface area (Å²) in [5.74, 6) is 0. The minimum Gasteiger partial charge on any atom is -0.262 e. The molecule has 0 aliphatic rings. The van der Waals surface area contributed by atoms with Gasteiger partial charge in [0.05, 0.1) is 17.1 Å². The molecule has 0 heterocycles. The van der Waals surface area contributed by atoms with Gasteiger partial charge in [0.15, 0.2) is 0 Å². The second-order valence-electron chi connectivity index (χ2n) is 5.35. The van der Waals surface area contributed by atoms with Crippen LogP contribution in [0.25, 0.3) is 6.08 Å². The zero-order valence-electron chi connectivity index (χ0n) is 13.5. The van der Waals surface area contributed by atoms with Crippen molar-refractivity contribution in [1.82, 2.24) is 0 Å². The molecule has 0 bridgehead atoms. The molecule has 2 aromatic rings. The van der Waals surface area contributed by atoms with E-state index in [1.807, 2.05) is 32.0 Å². The molecule has 23 heavy (non-hydrogen) atoms. The Morgan fingerprint density at radius 1 is 1.04 bits per heavy atom. The highest BCUT2D eigenvalue weighted by atomic mass is 32.2. The van der Waals surface area contributed by atoms with E-state index >= 15 is 0 Å². The molecule has 0 atom stereocenters. The Hall–Kier alpha value is -2.33. The molecular formula is C19H21NO2S. The van der Waals surface area contributed by atoms with Gasteiger partial charge in [-0.05, 0) is 37.1 Å². The number of hydrogen-bond acceptors (Lipinski definition) is 2. The van der Waals surface area contributed by atoms with Gasteiger partial charge >= 0.3 is 0 Å². The van der Waals surface area contributed by atoms with Crippen molar-refractivity contribution in [3.63, 3.8) is 0 Å². The zero-order valence-corrected chi connectivity index (χ0v) is 14.3. The molecule has 0 saturated heterocycles. The van der Waals surface area contributed by atoms with Gasteiger partial charge in [-0.15, -0.1) is 6.58 Å². The Kier molecular flexibility index (Phi) is 5.06. The van der Waals surface area contributed by atoms with E-state index in [1.54, 1.807) is 36.4 Å². The number of anilines is 1. The predicted octanol–water partition coefficient (Wildman–Crippen LogP) is 4.33. The van der Waals surface area contributed by atoms with Crippen LogP contribution in [0.3, 0.4) is 0 Å². The lowest BCUT2D eigenvalue weighted by molar-refractivity contribution is 0.592. The second-order valence-corrected chi connectivity index (χ2v) is 7.22. The Bertz CT molecular complexity index is 821. The normalized spacial score (nSPS) is 11.0. The first-order valence-corrected chi connectivity index (χ1v) is 8.78. The Labute approximate surface area is 138 Å². The molecule has 0 fully saturated rings. The summed E-state index contributed by atoms with van der Waals surface area (Å²) in [5, 5.41) is 0. The highest BCUT2D eigenvalue weighted by molar-refractivity contribution is 7.92. The van der Waals surface area contributed by atoms with Crippen molar-refractivity contribution in [2.24, 2.45) is 0 Å². The van der Waals surface area contributed by atoms with Gasteiger partial charge < -0.3 is 0 Å². The lowest BCUT2D eigenvalue weighted by Gasteiger charge is -2.26. The summed E-state index contributed by atoms with van der Waals surface area (Å²) in [7, 11) is -3.67. The molecule has 0 N–H and O–H groups in total. The fourth-order valence-corrected chi connectivity index (χ4v) is 3.98. The number of benzene rings is 2. The van der Waals surface area contributed by atoms with Crippen LogP contribution in [0, 0.1) is 13.8 Å². The third kappa shape index (κ3) is 3.37. The van der Waals surface area contributed by atoms with E-state index in [1.165, 1.54) is 4.31 Å². The number of sulfonamides is 1. The van der Waals surface area contributed by atoms with Crippen LogP contribution in [0.2, 0.25) is 0 Å². The molecular weight excluding hydrogens is 306 g/mol. The van der Waals surface area contributed by atoms with Gasteiger partial charge in [-0.1, -0.05) is 54.6 Å². The average Bonchev–Trinajstić information content (AvgIpc) is 2.53. The van der Waals surface area contributed by atoms with Crippen LogP contribution in [0.1, 0.15) is 16.7 Å². The summed E-state index contributed by atoms with van der Waals surface area (Å²) in [6.45, 7) is 11.5. The largest absolute Gasteiger partial charge is 0.264 e. The molecule has 0 radical (unpaired) electrons. The molecule has 2 rings (SSSR count). The van der Waals surface area contributed by atoms with Crippen LogP contribution in [0.4, 0.5) is 5.69 Å². The van der Waals surface area contributed by atoms with E-state index < -0.39 is 10.0 Å². The van der Waals surface area contributed by atoms with E-state index in [2.05, 4.69) is 13.2 Å². The molecule has 0 aliphatic heterocycles. The molecule has 0 saturated carbocycles. The van der Waals surface area contributed by atoms with Crippen LogP contribution in [-0.4, -0.2) is 15.0 Å². The summed E-state index contributed by atoms with van der Waals surface area (Å²) >= 11 is 0. The van der Waals surface area contributed by atoms with Crippen molar-refractivity contribution < 1.29 is 8.42 Å². The highest BCUT2D eigenvalue weighted by Crippen LogP contribution is 2.31. The first-order chi connectivity index (χ1) is 10.9. The van der Waals surface area contributed by atoms with Gasteiger partial charge in [0.25, 0.3) is 10.0 Å². The fourth-order valence-electron chi connectivity index (χ4n) is 2.45. The standard InChI is InChI=1S/C19H21NO2S/c1-5-14-20(19-16(4)8-7-9-17(19)6-2)23(21,22)18-12-10-15(3)11-13-18/h5-13H,1-2,14H2,3-4H3. The summed E-state index contributed by atoms with van der Waals surface area (Å²) in [6, 6.07) is 12.5. The van der Waals surface area contributed by atoms with Gasteiger partial charge in [-0.3, -0.25) is 4.31 Å². The zero-order chi connectivity index (χ0) is 17.0. The fraction of sp³-hybridized carbons (Fsp3) is 0.158. The van der Waals surface area contributed by atoms with E-state index in [0.717, 1.165) is 16.7 Å². The number of para-hydroxylation sites is 1. The van der Waals surface area contributed by atoms with Crippen molar-refractivity contribution in [3.05, 3.63) is 78.4 Å². The molecule has 0 spiro atoms. The topological polar surface area (TPSA) is 37.4 Å². The minimum atomic E-state index is -3.67. The number of hydrogen-bond donors (Lipinski definition) is 0. The van der Waals surface area contributed by atoms with E-state index in [-0.39, 0.29) is 11.4 Å². The minimum absolute atomic E-state index is 0.196. The quantitative estimate of drug-likeness (QED) is 0.741. The van der Waals surface area contributed by atoms with Gasteiger partial charge in [0.2, 0.25) is 0 Å². The number of rotatable bonds is 6. The summed E-state index contributed by atoms with van der Waals surface area (Å²) in [6.07, 6.45) is 3.26. The number of aryl methyl sites for hydroxylation is 2. The second kappa shape index (κ2) is 6.84. The van der Waals surface area contributed by atoms with E-state index in [9.17, 15) is 8.42 Å². The molecule has 2 aromatic carbocycles. The average molecular weight is 327 g/mol. The molecule has 0 amide bonds. The maximum Gasteiger partial charge on any atom is 0.264 e. The van der Waals surface area contributed by atoms with Gasteiger partial charge in [0, 0.05) is 0 Å². The molecule has 120 valence electrons. The Morgan fingerprint density at radius 2 is 1.70 bits per heavy atom. The van der Waals surface area contributed by atoms with Crippen LogP contribution in [0.15, 0.2) is 66.6 Å². The number of nitrogens with zero attached hydrogens (tertiary/aromatic N) is 1. The summed E-state index contributed by atoms with van der Waals surface area (Å²) in [4.78, 5) is 0.267. The Morgan fingerprint density at radius 3 is 2.26 bits per heavy atom. The van der Waals surface area contributed by atoms with Crippen LogP contribution < -0.4 is 4.31 Å². The van der Waals surface area contributed by atoms with E-state index in [4.69, 9.17) is 0 Å². The molecule has 4 heteroatoms. The lowest BCUT2D eigenvalue weighted by atomic mass is 10.1.